The van der Waals surface area contributed by atoms with Crippen molar-refractivity contribution in [2.45, 2.75) is 32.1 Å². The standard InChI is InChI=1S/C19H22O3/c1-3-17(19(20)21)18-10-5-4-8-15(18)12-11-14-7-6-9-16(13-14)22-2/h4-10,13,17H,3,11-12H2,1-2H3,(H,20,21)/t17-/m1/s1. The third-order valence-corrected chi connectivity index (χ3v) is 3.95. The van der Waals surface area contributed by atoms with Crippen molar-refractivity contribution in [3.8, 4) is 5.75 Å². The van der Waals surface area contributed by atoms with Gasteiger partial charge in [0.05, 0.1) is 13.0 Å². The van der Waals surface area contributed by atoms with Gasteiger partial charge in [-0.1, -0.05) is 43.3 Å². The number of aliphatic carboxylic acids is 1. The molecule has 0 heterocycles. The zero-order valence-corrected chi connectivity index (χ0v) is 13.1. The van der Waals surface area contributed by atoms with Gasteiger partial charge in [0, 0.05) is 0 Å². The molecule has 0 aromatic heterocycles. The normalized spacial score (nSPS) is 11.9. The molecule has 0 spiro atoms. The first kappa shape index (κ1) is 16.1. The SMILES string of the molecule is CC[C@@H](C(=O)O)c1ccccc1CCc1cccc(OC)c1. The summed E-state index contributed by atoms with van der Waals surface area (Å²) < 4.78 is 5.24. The number of carboxylic acids is 1. The molecule has 0 bridgehead atoms. The summed E-state index contributed by atoms with van der Waals surface area (Å²) in [7, 11) is 1.66. The van der Waals surface area contributed by atoms with E-state index in [-0.39, 0.29) is 0 Å². The number of ether oxygens (including phenoxy) is 1. The molecule has 0 radical (unpaired) electrons. The molecule has 2 aromatic rings. The van der Waals surface area contributed by atoms with Gasteiger partial charge >= 0.3 is 5.97 Å². The van der Waals surface area contributed by atoms with Crippen molar-refractivity contribution < 1.29 is 14.6 Å². The van der Waals surface area contributed by atoms with E-state index in [1.165, 1.54) is 5.56 Å². The molecule has 0 aliphatic carbocycles. The highest BCUT2D eigenvalue weighted by molar-refractivity contribution is 5.76. The molecule has 0 saturated carbocycles. The number of hydrogen-bond donors (Lipinski definition) is 1. The van der Waals surface area contributed by atoms with E-state index < -0.39 is 11.9 Å². The quantitative estimate of drug-likeness (QED) is 0.838. The van der Waals surface area contributed by atoms with Gasteiger partial charge < -0.3 is 9.84 Å². The Hall–Kier alpha value is -2.29. The highest BCUT2D eigenvalue weighted by Crippen LogP contribution is 2.25. The Morgan fingerprint density at radius 1 is 1.14 bits per heavy atom. The minimum Gasteiger partial charge on any atom is -0.497 e. The Labute approximate surface area is 131 Å². The van der Waals surface area contributed by atoms with Crippen LogP contribution in [0.2, 0.25) is 0 Å². The number of rotatable bonds is 7. The first-order valence-electron chi connectivity index (χ1n) is 7.59. The lowest BCUT2D eigenvalue weighted by Crippen LogP contribution is -2.13. The van der Waals surface area contributed by atoms with E-state index >= 15 is 0 Å². The van der Waals surface area contributed by atoms with Gasteiger partial charge in [-0.05, 0) is 48.1 Å². The average molecular weight is 298 g/mol. The number of carboxylic acid groups (broad SMARTS) is 1. The van der Waals surface area contributed by atoms with Crippen LogP contribution in [0.15, 0.2) is 48.5 Å². The molecule has 22 heavy (non-hydrogen) atoms. The lowest BCUT2D eigenvalue weighted by Gasteiger charge is -2.15. The summed E-state index contributed by atoms with van der Waals surface area (Å²) in [5, 5.41) is 9.39. The Morgan fingerprint density at radius 3 is 2.59 bits per heavy atom. The highest BCUT2D eigenvalue weighted by atomic mass is 16.5. The van der Waals surface area contributed by atoms with Gasteiger partial charge in [-0.25, -0.2) is 0 Å². The number of methoxy groups -OCH3 is 1. The molecule has 2 aromatic carbocycles. The van der Waals surface area contributed by atoms with Crippen LogP contribution in [-0.2, 0) is 17.6 Å². The van der Waals surface area contributed by atoms with Crippen LogP contribution in [0, 0.1) is 0 Å². The van der Waals surface area contributed by atoms with E-state index in [2.05, 4.69) is 6.07 Å². The van der Waals surface area contributed by atoms with Gasteiger partial charge in [0.15, 0.2) is 0 Å². The predicted octanol–water partition coefficient (Wildman–Crippen LogP) is 4.06. The van der Waals surface area contributed by atoms with E-state index in [9.17, 15) is 9.90 Å². The van der Waals surface area contributed by atoms with E-state index in [4.69, 9.17) is 4.74 Å². The Balaban J connectivity index is 2.17. The zero-order chi connectivity index (χ0) is 15.9. The summed E-state index contributed by atoms with van der Waals surface area (Å²) in [6.07, 6.45) is 2.29. The van der Waals surface area contributed by atoms with Crippen LogP contribution in [0.4, 0.5) is 0 Å². The molecule has 0 amide bonds. The number of carbonyl (C=O) groups is 1. The largest absolute Gasteiger partial charge is 0.497 e. The molecule has 1 atom stereocenters. The van der Waals surface area contributed by atoms with Gasteiger partial charge in [0.1, 0.15) is 5.75 Å². The van der Waals surface area contributed by atoms with Crippen LogP contribution < -0.4 is 4.74 Å². The second-order valence-corrected chi connectivity index (χ2v) is 5.35. The molecular weight excluding hydrogens is 276 g/mol. The van der Waals surface area contributed by atoms with Crippen molar-refractivity contribution in [2.24, 2.45) is 0 Å². The van der Waals surface area contributed by atoms with Crippen molar-refractivity contribution in [2.75, 3.05) is 7.11 Å². The van der Waals surface area contributed by atoms with Gasteiger partial charge in [-0.3, -0.25) is 4.79 Å². The van der Waals surface area contributed by atoms with Gasteiger partial charge in [-0.15, -0.1) is 0 Å². The van der Waals surface area contributed by atoms with Crippen molar-refractivity contribution in [1.82, 2.24) is 0 Å². The van der Waals surface area contributed by atoms with Gasteiger partial charge in [0.25, 0.3) is 0 Å². The zero-order valence-electron chi connectivity index (χ0n) is 13.1. The smallest absolute Gasteiger partial charge is 0.310 e. The Morgan fingerprint density at radius 2 is 1.91 bits per heavy atom. The summed E-state index contributed by atoms with van der Waals surface area (Å²) in [6, 6.07) is 15.8. The van der Waals surface area contributed by atoms with Crippen LogP contribution in [-0.4, -0.2) is 18.2 Å². The van der Waals surface area contributed by atoms with E-state index in [1.807, 2.05) is 49.4 Å². The maximum atomic E-state index is 11.4. The lowest BCUT2D eigenvalue weighted by atomic mass is 9.89. The summed E-state index contributed by atoms with van der Waals surface area (Å²) in [6.45, 7) is 1.91. The third kappa shape index (κ3) is 3.88. The first-order chi connectivity index (χ1) is 10.7. The summed E-state index contributed by atoms with van der Waals surface area (Å²) >= 11 is 0. The molecule has 0 saturated heterocycles. The van der Waals surface area contributed by atoms with Crippen LogP contribution >= 0.6 is 0 Å². The summed E-state index contributed by atoms with van der Waals surface area (Å²) in [5.74, 6) is -0.333. The van der Waals surface area contributed by atoms with Crippen molar-refractivity contribution in [1.29, 1.82) is 0 Å². The number of hydrogen-bond acceptors (Lipinski definition) is 2. The second kappa shape index (κ2) is 7.64. The molecule has 0 aliphatic rings. The highest BCUT2D eigenvalue weighted by Gasteiger charge is 2.20. The molecule has 0 unspecified atom stereocenters. The average Bonchev–Trinajstić information content (AvgIpc) is 2.54. The first-order valence-corrected chi connectivity index (χ1v) is 7.59. The van der Waals surface area contributed by atoms with E-state index in [1.54, 1.807) is 7.11 Å². The second-order valence-electron chi connectivity index (χ2n) is 5.35. The van der Waals surface area contributed by atoms with Crippen LogP contribution in [0.25, 0.3) is 0 Å². The van der Waals surface area contributed by atoms with Gasteiger partial charge in [0.2, 0.25) is 0 Å². The molecule has 0 fully saturated rings. The van der Waals surface area contributed by atoms with Crippen LogP contribution in [0.3, 0.4) is 0 Å². The minimum atomic E-state index is -0.753. The predicted molar refractivity (Wildman–Crippen MR) is 87.5 cm³/mol. The number of benzene rings is 2. The fourth-order valence-corrected chi connectivity index (χ4v) is 2.74. The lowest BCUT2D eigenvalue weighted by molar-refractivity contribution is -0.138. The molecule has 0 aliphatic heterocycles. The minimum absolute atomic E-state index is 0.429. The topological polar surface area (TPSA) is 46.5 Å². The molecule has 2 rings (SSSR count). The van der Waals surface area contributed by atoms with Crippen LogP contribution in [0.5, 0.6) is 5.75 Å². The van der Waals surface area contributed by atoms with Crippen LogP contribution in [0.1, 0.15) is 36.0 Å². The van der Waals surface area contributed by atoms with E-state index in [0.29, 0.717) is 6.42 Å². The fourth-order valence-electron chi connectivity index (χ4n) is 2.74. The molecule has 1 N–H and O–H groups in total. The molecule has 3 nitrogen and oxygen atoms in total. The summed E-state index contributed by atoms with van der Waals surface area (Å²) in [4.78, 5) is 11.4. The van der Waals surface area contributed by atoms with Gasteiger partial charge in [-0.2, -0.15) is 0 Å². The summed E-state index contributed by atoms with van der Waals surface area (Å²) in [5.41, 5.74) is 3.23. The fraction of sp³-hybridized carbons (Fsp3) is 0.316. The molecule has 116 valence electrons. The number of aryl methyl sites for hydroxylation is 2. The Bertz CT molecular complexity index is 634. The molecule has 3 heteroatoms. The maximum absolute atomic E-state index is 11.4. The maximum Gasteiger partial charge on any atom is 0.310 e. The Kier molecular flexibility index (Phi) is 5.59. The third-order valence-electron chi connectivity index (χ3n) is 3.95. The van der Waals surface area contributed by atoms with Crippen molar-refractivity contribution >= 4 is 5.97 Å². The van der Waals surface area contributed by atoms with Crippen molar-refractivity contribution in [3.63, 3.8) is 0 Å². The van der Waals surface area contributed by atoms with E-state index in [0.717, 1.165) is 29.7 Å². The molecular formula is C19H22O3. The monoisotopic (exact) mass is 298 g/mol. The van der Waals surface area contributed by atoms with Crippen molar-refractivity contribution in [3.05, 3.63) is 65.2 Å².